The second-order valence-electron chi connectivity index (χ2n) is 2.54. The fourth-order valence-corrected chi connectivity index (χ4v) is 1.46. The van der Waals surface area contributed by atoms with E-state index in [2.05, 4.69) is 15.9 Å². The Kier molecular flexibility index (Phi) is 3.88. The molecule has 0 atom stereocenters. The third kappa shape index (κ3) is 2.51. The zero-order chi connectivity index (χ0) is 9.84. The van der Waals surface area contributed by atoms with Gasteiger partial charge in [0.1, 0.15) is 12.1 Å². The number of carbonyl (C=O) groups excluding carboxylic acids is 1. The van der Waals surface area contributed by atoms with Crippen molar-refractivity contribution in [1.82, 2.24) is 0 Å². The van der Waals surface area contributed by atoms with Gasteiger partial charge in [0, 0.05) is 10.9 Å². The molecule has 0 heterocycles. The van der Waals surface area contributed by atoms with Crippen LogP contribution >= 0.6 is 27.5 Å². The Morgan fingerprint density at radius 2 is 2.23 bits per heavy atom. The molecule has 0 amide bonds. The highest BCUT2D eigenvalue weighted by molar-refractivity contribution is 9.10. The molecule has 0 bridgehead atoms. The summed E-state index contributed by atoms with van der Waals surface area (Å²) in [6.07, 6.45) is 1.46. The molecule has 0 spiro atoms. The van der Waals surface area contributed by atoms with E-state index in [0.717, 1.165) is 6.29 Å². The third-order valence-electron chi connectivity index (χ3n) is 1.65. The highest BCUT2D eigenvalue weighted by Crippen LogP contribution is 2.27. The quantitative estimate of drug-likeness (QED) is 0.605. The Hall–Kier alpha value is -0.410. The summed E-state index contributed by atoms with van der Waals surface area (Å²) in [5.41, 5.74) is 0.473. The number of rotatable bonds is 3. The van der Waals surface area contributed by atoms with Crippen molar-refractivity contribution in [3.8, 4) is 0 Å². The lowest BCUT2D eigenvalue weighted by molar-refractivity contribution is -0.107. The first-order chi connectivity index (χ1) is 6.16. The Morgan fingerprint density at radius 1 is 1.54 bits per heavy atom. The second-order valence-corrected chi connectivity index (χ2v) is 3.77. The van der Waals surface area contributed by atoms with Crippen molar-refractivity contribution < 1.29 is 9.18 Å². The minimum Gasteiger partial charge on any atom is -0.303 e. The number of benzene rings is 1. The molecule has 4 heteroatoms. The SMILES string of the molecule is O=CCCc1ccc(Br)c(Cl)c1F. The molecule has 13 heavy (non-hydrogen) atoms. The zero-order valence-corrected chi connectivity index (χ0v) is 9.03. The Labute approximate surface area is 89.0 Å². The number of hydrogen-bond acceptors (Lipinski definition) is 1. The van der Waals surface area contributed by atoms with E-state index in [1.54, 1.807) is 12.1 Å². The molecule has 70 valence electrons. The van der Waals surface area contributed by atoms with E-state index in [-0.39, 0.29) is 5.02 Å². The smallest absolute Gasteiger partial charge is 0.146 e. The molecule has 0 aliphatic rings. The van der Waals surface area contributed by atoms with Gasteiger partial charge in [0.25, 0.3) is 0 Å². The molecule has 0 aliphatic heterocycles. The van der Waals surface area contributed by atoms with Crippen molar-refractivity contribution in [2.75, 3.05) is 0 Å². The molecule has 1 aromatic carbocycles. The van der Waals surface area contributed by atoms with Crippen LogP contribution in [0.5, 0.6) is 0 Å². The first kappa shape index (κ1) is 10.7. The van der Waals surface area contributed by atoms with Crippen molar-refractivity contribution in [3.05, 3.63) is 33.0 Å². The van der Waals surface area contributed by atoms with Gasteiger partial charge in [-0.25, -0.2) is 4.39 Å². The monoisotopic (exact) mass is 264 g/mol. The van der Waals surface area contributed by atoms with Crippen LogP contribution in [0.25, 0.3) is 0 Å². The average molecular weight is 266 g/mol. The van der Waals surface area contributed by atoms with Gasteiger partial charge in [0.05, 0.1) is 5.02 Å². The fourth-order valence-electron chi connectivity index (χ4n) is 0.973. The predicted molar refractivity (Wildman–Crippen MR) is 53.5 cm³/mol. The molecule has 0 unspecified atom stereocenters. The molecule has 0 saturated carbocycles. The van der Waals surface area contributed by atoms with E-state index < -0.39 is 5.82 Å². The highest BCUT2D eigenvalue weighted by Gasteiger charge is 2.09. The first-order valence-corrected chi connectivity index (χ1v) is 4.90. The molecule has 0 saturated heterocycles. The van der Waals surface area contributed by atoms with Gasteiger partial charge in [-0.15, -0.1) is 0 Å². The van der Waals surface area contributed by atoms with Crippen LogP contribution in [-0.2, 0) is 11.2 Å². The number of carbonyl (C=O) groups is 1. The minimum absolute atomic E-state index is 0.0726. The molecule has 0 fully saturated rings. The molecule has 0 aliphatic carbocycles. The van der Waals surface area contributed by atoms with Gasteiger partial charge >= 0.3 is 0 Å². The maximum Gasteiger partial charge on any atom is 0.146 e. The van der Waals surface area contributed by atoms with Crippen molar-refractivity contribution in [2.24, 2.45) is 0 Å². The molecule has 0 aromatic heterocycles. The number of halogens is 3. The van der Waals surface area contributed by atoms with Crippen molar-refractivity contribution >= 4 is 33.8 Å². The van der Waals surface area contributed by atoms with Crippen molar-refractivity contribution in [3.63, 3.8) is 0 Å². The lowest BCUT2D eigenvalue weighted by atomic mass is 10.1. The first-order valence-electron chi connectivity index (χ1n) is 3.73. The maximum atomic E-state index is 13.3. The van der Waals surface area contributed by atoms with Crippen LogP contribution in [0.2, 0.25) is 5.02 Å². The van der Waals surface area contributed by atoms with Gasteiger partial charge in [0.2, 0.25) is 0 Å². The number of aryl methyl sites for hydroxylation is 1. The lowest BCUT2D eigenvalue weighted by Gasteiger charge is -2.03. The van der Waals surface area contributed by atoms with E-state index in [0.29, 0.717) is 22.9 Å². The summed E-state index contributed by atoms with van der Waals surface area (Å²) >= 11 is 8.76. The molecular weight excluding hydrogens is 258 g/mol. The summed E-state index contributed by atoms with van der Waals surface area (Å²) < 4.78 is 13.8. The van der Waals surface area contributed by atoms with Crippen LogP contribution in [0.4, 0.5) is 4.39 Å². The van der Waals surface area contributed by atoms with E-state index in [1.807, 2.05) is 0 Å². The van der Waals surface area contributed by atoms with E-state index >= 15 is 0 Å². The van der Waals surface area contributed by atoms with Crippen LogP contribution in [-0.4, -0.2) is 6.29 Å². The largest absolute Gasteiger partial charge is 0.303 e. The van der Waals surface area contributed by atoms with Crippen molar-refractivity contribution in [2.45, 2.75) is 12.8 Å². The fraction of sp³-hybridized carbons (Fsp3) is 0.222. The van der Waals surface area contributed by atoms with Crippen LogP contribution < -0.4 is 0 Å². The summed E-state index contributed by atoms with van der Waals surface area (Å²) in [6, 6.07) is 3.29. The van der Waals surface area contributed by atoms with Gasteiger partial charge in [-0.05, 0) is 34.0 Å². The Morgan fingerprint density at radius 3 is 2.85 bits per heavy atom. The zero-order valence-electron chi connectivity index (χ0n) is 6.69. The second kappa shape index (κ2) is 4.72. The molecule has 1 rings (SSSR count). The molecular formula is C9H7BrClFO. The predicted octanol–water partition coefficient (Wildman–Crippen LogP) is 3.37. The number of aldehydes is 1. The number of hydrogen-bond donors (Lipinski definition) is 0. The molecule has 0 radical (unpaired) electrons. The minimum atomic E-state index is -0.446. The van der Waals surface area contributed by atoms with Gasteiger partial charge in [-0.2, -0.15) is 0 Å². The molecule has 1 aromatic rings. The van der Waals surface area contributed by atoms with E-state index in [1.165, 1.54) is 0 Å². The highest BCUT2D eigenvalue weighted by atomic mass is 79.9. The summed E-state index contributed by atoms with van der Waals surface area (Å²) in [4.78, 5) is 10.1. The average Bonchev–Trinajstić information content (AvgIpc) is 2.13. The molecule has 1 nitrogen and oxygen atoms in total. The maximum absolute atomic E-state index is 13.3. The summed E-state index contributed by atoms with van der Waals surface area (Å²) in [5, 5.41) is 0.0726. The normalized spacial score (nSPS) is 10.1. The Bertz CT molecular complexity index is 328. The van der Waals surface area contributed by atoms with Crippen LogP contribution in [0.15, 0.2) is 16.6 Å². The van der Waals surface area contributed by atoms with Crippen LogP contribution in [0.1, 0.15) is 12.0 Å². The van der Waals surface area contributed by atoms with Crippen LogP contribution in [0, 0.1) is 5.82 Å². The van der Waals surface area contributed by atoms with Crippen LogP contribution in [0.3, 0.4) is 0 Å². The Balaban J connectivity index is 2.96. The van der Waals surface area contributed by atoms with Gasteiger partial charge in [-0.3, -0.25) is 0 Å². The topological polar surface area (TPSA) is 17.1 Å². The standard InChI is InChI=1S/C9H7BrClFO/c10-7-4-3-6(2-1-5-13)9(12)8(7)11/h3-5H,1-2H2. The van der Waals surface area contributed by atoms with Gasteiger partial charge < -0.3 is 4.79 Å². The summed E-state index contributed by atoms with van der Waals surface area (Å²) in [6.45, 7) is 0. The van der Waals surface area contributed by atoms with Gasteiger partial charge in [0.15, 0.2) is 0 Å². The summed E-state index contributed by atoms with van der Waals surface area (Å²) in [7, 11) is 0. The van der Waals surface area contributed by atoms with Crippen molar-refractivity contribution in [1.29, 1.82) is 0 Å². The third-order valence-corrected chi connectivity index (χ3v) is 2.91. The molecule has 0 N–H and O–H groups in total. The van der Waals surface area contributed by atoms with E-state index in [9.17, 15) is 9.18 Å². The summed E-state index contributed by atoms with van der Waals surface area (Å²) in [5.74, 6) is -0.446. The lowest BCUT2D eigenvalue weighted by Crippen LogP contribution is -1.92. The van der Waals surface area contributed by atoms with Gasteiger partial charge in [-0.1, -0.05) is 17.7 Å². The van der Waals surface area contributed by atoms with E-state index in [4.69, 9.17) is 11.6 Å².